The van der Waals surface area contributed by atoms with Gasteiger partial charge in [-0.1, -0.05) is 6.92 Å². The minimum absolute atomic E-state index is 0.646. The van der Waals surface area contributed by atoms with Crippen molar-refractivity contribution >= 4 is 33.9 Å². The lowest BCUT2D eigenvalue weighted by Crippen LogP contribution is -2.37. The van der Waals surface area contributed by atoms with Crippen molar-refractivity contribution in [2.75, 3.05) is 38.6 Å². The number of anilines is 1. The van der Waals surface area contributed by atoms with Gasteiger partial charge in [0, 0.05) is 30.4 Å². The molecule has 6 heteroatoms. The molecular weight excluding hydrogens is 344 g/mol. The number of rotatable bonds is 6. The van der Waals surface area contributed by atoms with Crippen LogP contribution in [0.15, 0.2) is 30.5 Å². The van der Waals surface area contributed by atoms with E-state index in [2.05, 4.69) is 27.4 Å². The van der Waals surface area contributed by atoms with Gasteiger partial charge in [-0.3, -0.25) is 4.98 Å². The van der Waals surface area contributed by atoms with E-state index in [1.807, 2.05) is 24.3 Å². The number of nitrogens with zero attached hydrogens (tertiary/aromatic N) is 2. The predicted molar refractivity (Wildman–Crippen MR) is 112 cm³/mol. The monoisotopic (exact) mass is 372 g/mol. The van der Waals surface area contributed by atoms with Crippen LogP contribution in [0.3, 0.4) is 0 Å². The van der Waals surface area contributed by atoms with Crippen molar-refractivity contribution in [3.05, 3.63) is 30.5 Å². The van der Waals surface area contributed by atoms with Gasteiger partial charge in [0.2, 0.25) is 0 Å². The van der Waals surface area contributed by atoms with Gasteiger partial charge in [-0.25, -0.2) is 0 Å². The fourth-order valence-corrected chi connectivity index (χ4v) is 3.79. The second-order valence-corrected chi connectivity index (χ2v) is 7.41. The average Bonchev–Trinajstić information content (AvgIpc) is 2.66. The van der Waals surface area contributed by atoms with Gasteiger partial charge >= 0.3 is 0 Å². The molecule has 1 aliphatic rings. The number of aromatic nitrogens is 1. The van der Waals surface area contributed by atoms with E-state index in [0.29, 0.717) is 5.11 Å². The number of fused-ring (bicyclic) bond motifs is 1. The number of ether oxygens (including phenoxy) is 1. The molecule has 0 aliphatic carbocycles. The van der Waals surface area contributed by atoms with Crippen LogP contribution in [0.5, 0.6) is 5.75 Å². The van der Waals surface area contributed by atoms with Gasteiger partial charge in [0.1, 0.15) is 11.3 Å². The fourth-order valence-electron chi connectivity index (χ4n) is 3.58. The van der Waals surface area contributed by atoms with E-state index in [9.17, 15) is 0 Å². The van der Waals surface area contributed by atoms with E-state index in [-0.39, 0.29) is 0 Å². The Bertz CT molecular complexity index is 752. The number of nitrogens with one attached hydrogen (secondary N) is 2. The molecule has 2 heterocycles. The van der Waals surface area contributed by atoms with E-state index < -0.39 is 0 Å². The Morgan fingerprint density at radius 3 is 3.08 bits per heavy atom. The van der Waals surface area contributed by atoms with Gasteiger partial charge in [0.15, 0.2) is 5.11 Å². The van der Waals surface area contributed by atoms with E-state index in [4.69, 9.17) is 17.0 Å². The Hall–Kier alpha value is -1.92. The summed E-state index contributed by atoms with van der Waals surface area (Å²) in [6.45, 7) is 6.82. The number of benzene rings is 1. The van der Waals surface area contributed by atoms with Crippen LogP contribution in [0.25, 0.3) is 10.9 Å². The van der Waals surface area contributed by atoms with Crippen LogP contribution in [-0.4, -0.2) is 48.3 Å². The van der Waals surface area contributed by atoms with Crippen molar-refractivity contribution < 1.29 is 4.74 Å². The number of hydrogen-bond acceptors (Lipinski definition) is 4. The number of likely N-dealkylation sites (tertiary alicyclic amines) is 1. The first-order chi connectivity index (χ1) is 12.7. The summed E-state index contributed by atoms with van der Waals surface area (Å²) in [6, 6.07) is 7.83. The van der Waals surface area contributed by atoms with Gasteiger partial charge in [-0.2, -0.15) is 0 Å². The highest BCUT2D eigenvalue weighted by atomic mass is 32.1. The largest absolute Gasteiger partial charge is 0.494 e. The summed E-state index contributed by atoms with van der Waals surface area (Å²) >= 11 is 5.46. The van der Waals surface area contributed by atoms with Crippen molar-refractivity contribution in [3.63, 3.8) is 0 Å². The molecule has 0 amide bonds. The number of pyridine rings is 1. The normalized spacial score (nSPS) is 17.8. The van der Waals surface area contributed by atoms with Crippen LogP contribution in [0.1, 0.15) is 26.2 Å². The maximum absolute atomic E-state index is 5.46. The molecule has 26 heavy (non-hydrogen) atoms. The molecule has 0 saturated carbocycles. The summed E-state index contributed by atoms with van der Waals surface area (Å²) in [5.41, 5.74) is 1.78. The third-order valence-corrected chi connectivity index (χ3v) is 5.12. The average molecular weight is 373 g/mol. The van der Waals surface area contributed by atoms with E-state index in [1.54, 1.807) is 13.3 Å². The molecular formula is C20H28N4OS. The second-order valence-electron chi connectivity index (χ2n) is 7.00. The topological polar surface area (TPSA) is 49.4 Å². The number of hydrogen-bond donors (Lipinski definition) is 2. The molecule has 1 aliphatic heterocycles. The molecule has 1 aromatic heterocycles. The van der Waals surface area contributed by atoms with Gasteiger partial charge in [0.05, 0.1) is 7.11 Å². The maximum atomic E-state index is 5.46. The van der Waals surface area contributed by atoms with Crippen LogP contribution in [0.2, 0.25) is 0 Å². The quantitative estimate of drug-likeness (QED) is 0.596. The Balaban J connectivity index is 1.50. The molecule has 2 aromatic rings. The zero-order valence-electron chi connectivity index (χ0n) is 15.6. The SMILES string of the molecule is COc1ccc(NC(=S)NCCCN2CCC[C@H](C)C2)c2cccnc12. The van der Waals surface area contributed by atoms with Crippen LogP contribution in [-0.2, 0) is 0 Å². The van der Waals surface area contributed by atoms with Crippen LogP contribution < -0.4 is 15.4 Å². The summed E-state index contributed by atoms with van der Waals surface area (Å²) in [7, 11) is 1.66. The molecule has 3 rings (SSSR count). The molecule has 0 bridgehead atoms. The zero-order chi connectivity index (χ0) is 18.4. The molecule has 2 N–H and O–H groups in total. The summed E-state index contributed by atoms with van der Waals surface area (Å²) in [4.78, 5) is 6.98. The number of piperidine rings is 1. The van der Waals surface area contributed by atoms with Gasteiger partial charge in [0.25, 0.3) is 0 Å². The van der Waals surface area contributed by atoms with Crippen LogP contribution in [0, 0.1) is 5.92 Å². The molecule has 1 atom stereocenters. The van der Waals surface area contributed by atoms with E-state index in [0.717, 1.165) is 47.8 Å². The maximum Gasteiger partial charge on any atom is 0.170 e. The highest BCUT2D eigenvalue weighted by molar-refractivity contribution is 7.80. The molecule has 0 unspecified atom stereocenters. The Kier molecular flexibility index (Phi) is 6.63. The van der Waals surface area contributed by atoms with E-state index in [1.165, 1.54) is 25.9 Å². The first-order valence-corrected chi connectivity index (χ1v) is 9.77. The predicted octanol–water partition coefficient (Wildman–Crippen LogP) is 3.65. The lowest BCUT2D eigenvalue weighted by atomic mass is 10.0. The van der Waals surface area contributed by atoms with Crippen molar-refractivity contribution in [1.29, 1.82) is 0 Å². The standard InChI is InChI=1S/C20H28N4OS/c1-15-6-4-12-24(14-15)13-5-11-22-20(26)23-17-8-9-18(25-2)19-16(17)7-3-10-21-19/h3,7-10,15H,4-6,11-14H2,1-2H3,(H2,22,23,26)/t15-/m0/s1. The van der Waals surface area contributed by atoms with Crippen LogP contribution >= 0.6 is 12.2 Å². The highest BCUT2D eigenvalue weighted by Crippen LogP contribution is 2.29. The minimum Gasteiger partial charge on any atom is -0.494 e. The van der Waals surface area contributed by atoms with Gasteiger partial charge in [-0.15, -0.1) is 0 Å². The second kappa shape index (κ2) is 9.14. The fraction of sp³-hybridized carbons (Fsp3) is 0.500. The number of methoxy groups -OCH3 is 1. The molecule has 0 spiro atoms. The molecule has 1 aromatic carbocycles. The smallest absolute Gasteiger partial charge is 0.170 e. The third kappa shape index (κ3) is 4.83. The Morgan fingerprint density at radius 2 is 2.27 bits per heavy atom. The van der Waals surface area contributed by atoms with Crippen molar-refractivity contribution in [2.24, 2.45) is 5.92 Å². The summed E-state index contributed by atoms with van der Waals surface area (Å²) in [5.74, 6) is 1.59. The minimum atomic E-state index is 0.646. The third-order valence-electron chi connectivity index (χ3n) is 4.88. The van der Waals surface area contributed by atoms with Crippen molar-refractivity contribution in [1.82, 2.24) is 15.2 Å². The first kappa shape index (κ1) is 18.9. The van der Waals surface area contributed by atoms with Crippen molar-refractivity contribution in [2.45, 2.75) is 26.2 Å². The van der Waals surface area contributed by atoms with E-state index >= 15 is 0 Å². The summed E-state index contributed by atoms with van der Waals surface area (Å²) < 4.78 is 5.39. The Labute approximate surface area is 161 Å². The molecule has 5 nitrogen and oxygen atoms in total. The molecule has 1 saturated heterocycles. The zero-order valence-corrected chi connectivity index (χ0v) is 16.4. The lowest BCUT2D eigenvalue weighted by Gasteiger charge is -2.30. The molecule has 140 valence electrons. The van der Waals surface area contributed by atoms with Crippen molar-refractivity contribution in [3.8, 4) is 5.75 Å². The molecule has 1 fully saturated rings. The van der Waals surface area contributed by atoms with Gasteiger partial charge < -0.3 is 20.3 Å². The summed E-state index contributed by atoms with van der Waals surface area (Å²) in [6.07, 6.45) is 5.56. The first-order valence-electron chi connectivity index (χ1n) is 9.36. The Morgan fingerprint density at radius 1 is 1.38 bits per heavy atom. The highest BCUT2D eigenvalue weighted by Gasteiger charge is 2.15. The van der Waals surface area contributed by atoms with Crippen LogP contribution in [0.4, 0.5) is 5.69 Å². The lowest BCUT2D eigenvalue weighted by molar-refractivity contribution is 0.182. The van der Waals surface area contributed by atoms with Gasteiger partial charge in [-0.05, 0) is 74.8 Å². The summed E-state index contributed by atoms with van der Waals surface area (Å²) in [5, 5.41) is 8.25. The number of thiocarbonyl (C=S) groups is 1. The molecule has 0 radical (unpaired) electrons.